The Balaban J connectivity index is 5.39. The minimum Gasteiger partial charge on any atom is -0.480 e. The van der Waals surface area contributed by atoms with Crippen LogP contribution in [0.5, 0.6) is 0 Å². The largest absolute Gasteiger partial charge is 0.480 e. The van der Waals surface area contributed by atoms with Gasteiger partial charge in [-0.15, -0.1) is 0 Å². The van der Waals surface area contributed by atoms with E-state index in [1.165, 1.54) is 11.8 Å². The molecule has 35 heavy (non-hydrogen) atoms. The maximum absolute atomic E-state index is 13.1. The average molecular weight is 537 g/mol. The number of carbonyl (C=O) groups excluding carboxylic acids is 3. The summed E-state index contributed by atoms with van der Waals surface area (Å²) < 4.78 is 0. The van der Waals surface area contributed by atoms with Crippen molar-refractivity contribution in [1.82, 2.24) is 16.0 Å². The lowest BCUT2D eigenvalue weighted by atomic mass is 10.0. The Morgan fingerprint density at radius 3 is 1.60 bits per heavy atom. The zero-order chi connectivity index (χ0) is 26.6. The van der Waals surface area contributed by atoms with Crippen molar-refractivity contribution in [3.05, 3.63) is 0 Å². The molecule has 0 aromatic heterocycles. The number of hydrogen-bond donors (Lipinski definition) is 7. The molecule has 0 aliphatic carbocycles. The predicted octanol–water partition coefficient (Wildman–Crippen LogP) is -0.383. The van der Waals surface area contributed by atoms with Gasteiger partial charge in [-0.3, -0.25) is 14.4 Å². The van der Waals surface area contributed by atoms with Crippen LogP contribution in [0.25, 0.3) is 0 Å². The number of carboxylic acid groups (broad SMARTS) is 1. The van der Waals surface area contributed by atoms with E-state index in [-0.39, 0.29) is 6.42 Å². The molecule has 0 radical (unpaired) electrons. The number of nitrogens with one attached hydrogen (secondary N) is 3. The normalized spacial score (nSPS) is 14.4. The molecule has 0 aliphatic rings. The van der Waals surface area contributed by atoms with E-state index in [0.29, 0.717) is 63.8 Å². The minimum absolute atomic E-state index is 0.238. The topological polar surface area (TPSA) is 203 Å². The summed E-state index contributed by atoms with van der Waals surface area (Å²) in [4.78, 5) is 50.1. The number of amides is 3. The smallest absolute Gasteiger partial charge is 0.326 e. The molecular formula is C22H44N6O5S2. The molecule has 0 aromatic carbocycles. The number of unbranched alkanes of at least 4 members (excludes halogenated alkanes) is 2. The number of carbonyl (C=O) groups is 4. The molecule has 0 bridgehead atoms. The third kappa shape index (κ3) is 15.2. The highest BCUT2D eigenvalue weighted by Gasteiger charge is 2.29. The van der Waals surface area contributed by atoms with Gasteiger partial charge in [-0.2, -0.15) is 23.5 Å². The summed E-state index contributed by atoms with van der Waals surface area (Å²) >= 11 is 3.10. The number of rotatable bonds is 21. The highest BCUT2D eigenvalue weighted by Crippen LogP contribution is 2.08. The van der Waals surface area contributed by atoms with Crippen LogP contribution >= 0.6 is 23.5 Å². The van der Waals surface area contributed by atoms with Crippen LogP contribution < -0.4 is 33.2 Å². The van der Waals surface area contributed by atoms with Crippen molar-refractivity contribution in [2.45, 2.75) is 75.5 Å². The van der Waals surface area contributed by atoms with Gasteiger partial charge in [0.2, 0.25) is 17.7 Å². The molecule has 0 saturated carbocycles. The third-order valence-corrected chi connectivity index (χ3v) is 6.64. The van der Waals surface area contributed by atoms with E-state index in [2.05, 4.69) is 16.0 Å². The van der Waals surface area contributed by atoms with E-state index >= 15 is 0 Å². The van der Waals surface area contributed by atoms with Crippen LogP contribution in [0.1, 0.15) is 51.4 Å². The first-order valence-electron chi connectivity index (χ1n) is 12.0. The summed E-state index contributed by atoms with van der Waals surface area (Å²) in [5.74, 6) is -1.32. The zero-order valence-corrected chi connectivity index (χ0v) is 22.6. The fourth-order valence-electron chi connectivity index (χ4n) is 3.22. The van der Waals surface area contributed by atoms with Crippen LogP contribution in [0, 0.1) is 0 Å². The highest BCUT2D eigenvalue weighted by atomic mass is 32.2. The molecule has 0 spiro atoms. The molecule has 10 N–H and O–H groups in total. The van der Waals surface area contributed by atoms with E-state index in [4.69, 9.17) is 17.2 Å². The van der Waals surface area contributed by atoms with E-state index in [1.54, 1.807) is 11.8 Å². The Morgan fingerprint density at radius 2 is 1.11 bits per heavy atom. The second kappa shape index (κ2) is 20.6. The quantitative estimate of drug-likeness (QED) is 0.0947. The monoisotopic (exact) mass is 536 g/mol. The van der Waals surface area contributed by atoms with E-state index in [1.807, 2.05) is 12.5 Å². The standard InChI is InChI=1S/C22H44N6O5S2/c1-34-13-9-15(25)19(29)26-17(10-14-35-2)21(31)27-16(7-3-5-11-23)20(30)28-18(22(32)33)8-4-6-12-24/h15-18H,3-14,23-25H2,1-2H3,(H,26,29)(H,27,31)(H,28,30)(H,32,33). The molecule has 11 nitrogen and oxygen atoms in total. The van der Waals surface area contributed by atoms with Gasteiger partial charge in [0.25, 0.3) is 0 Å². The fourth-order valence-corrected chi connectivity index (χ4v) is 4.18. The summed E-state index contributed by atoms with van der Waals surface area (Å²) in [5.41, 5.74) is 17.0. The number of carboxylic acids is 1. The maximum atomic E-state index is 13.1. The van der Waals surface area contributed by atoms with Gasteiger partial charge in [0.1, 0.15) is 18.1 Å². The van der Waals surface area contributed by atoms with Crippen molar-refractivity contribution in [3.63, 3.8) is 0 Å². The van der Waals surface area contributed by atoms with Crippen molar-refractivity contribution in [1.29, 1.82) is 0 Å². The van der Waals surface area contributed by atoms with Crippen molar-refractivity contribution in [2.24, 2.45) is 17.2 Å². The lowest BCUT2D eigenvalue weighted by Crippen LogP contribution is -2.57. The summed E-state index contributed by atoms with van der Waals surface area (Å²) in [7, 11) is 0. The molecule has 4 atom stereocenters. The van der Waals surface area contributed by atoms with Gasteiger partial charge in [0.05, 0.1) is 6.04 Å². The van der Waals surface area contributed by atoms with Gasteiger partial charge in [-0.05, 0) is 88.5 Å². The van der Waals surface area contributed by atoms with Gasteiger partial charge >= 0.3 is 5.97 Å². The maximum Gasteiger partial charge on any atom is 0.326 e. The van der Waals surface area contributed by atoms with Crippen LogP contribution in [0.3, 0.4) is 0 Å². The molecule has 0 rings (SSSR count). The number of hydrogen-bond acceptors (Lipinski definition) is 9. The van der Waals surface area contributed by atoms with Crippen LogP contribution in [-0.4, -0.2) is 90.1 Å². The first-order valence-corrected chi connectivity index (χ1v) is 14.8. The summed E-state index contributed by atoms with van der Waals surface area (Å²) in [5, 5.41) is 17.4. The van der Waals surface area contributed by atoms with Gasteiger partial charge in [0, 0.05) is 0 Å². The molecule has 0 fully saturated rings. The van der Waals surface area contributed by atoms with Crippen LogP contribution in [-0.2, 0) is 19.2 Å². The van der Waals surface area contributed by atoms with Gasteiger partial charge in [0.15, 0.2) is 0 Å². The van der Waals surface area contributed by atoms with Gasteiger partial charge < -0.3 is 38.3 Å². The number of aliphatic carboxylic acids is 1. The van der Waals surface area contributed by atoms with Crippen molar-refractivity contribution in [2.75, 3.05) is 37.1 Å². The van der Waals surface area contributed by atoms with E-state index in [0.717, 1.165) is 5.75 Å². The zero-order valence-electron chi connectivity index (χ0n) is 20.9. The molecule has 3 amide bonds. The van der Waals surface area contributed by atoms with Crippen LogP contribution in [0.4, 0.5) is 0 Å². The number of thioether (sulfide) groups is 2. The SMILES string of the molecule is CSCCC(N)C(=O)NC(CCSC)C(=O)NC(CCCCN)C(=O)NC(CCCCN)C(=O)O. The second-order valence-corrected chi connectivity index (χ2v) is 10.2. The Kier molecular flexibility index (Phi) is 19.7. The van der Waals surface area contributed by atoms with Crippen molar-refractivity contribution < 1.29 is 24.3 Å². The molecule has 0 saturated heterocycles. The molecule has 0 aromatic rings. The summed E-state index contributed by atoms with van der Waals surface area (Å²) in [6.45, 7) is 0.863. The lowest BCUT2D eigenvalue weighted by molar-refractivity contribution is -0.142. The first-order chi connectivity index (χ1) is 16.7. The lowest BCUT2D eigenvalue weighted by Gasteiger charge is -2.25. The average Bonchev–Trinajstić information content (AvgIpc) is 2.83. The van der Waals surface area contributed by atoms with E-state index in [9.17, 15) is 24.3 Å². The van der Waals surface area contributed by atoms with Crippen molar-refractivity contribution >= 4 is 47.2 Å². The Labute approximate surface area is 217 Å². The molecule has 204 valence electrons. The third-order valence-electron chi connectivity index (χ3n) is 5.35. The minimum atomic E-state index is -1.15. The van der Waals surface area contributed by atoms with Gasteiger partial charge in [-0.1, -0.05) is 0 Å². The Hall–Kier alpha value is -1.54. The van der Waals surface area contributed by atoms with Crippen LogP contribution in [0.15, 0.2) is 0 Å². The molecule has 4 unspecified atom stereocenters. The number of nitrogens with two attached hydrogens (primary N) is 3. The van der Waals surface area contributed by atoms with Crippen molar-refractivity contribution in [3.8, 4) is 0 Å². The molecular weight excluding hydrogens is 492 g/mol. The summed E-state index contributed by atoms with van der Waals surface area (Å²) in [6.07, 6.45) is 7.60. The van der Waals surface area contributed by atoms with Crippen LogP contribution in [0.2, 0.25) is 0 Å². The second-order valence-electron chi connectivity index (χ2n) is 8.26. The molecule has 0 heterocycles. The summed E-state index contributed by atoms with van der Waals surface area (Å²) in [6, 6.07) is -3.63. The first kappa shape index (κ1) is 33.5. The predicted molar refractivity (Wildman–Crippen MR) is 143 cm³/mol. The van der Waals surface area contributed by atoms with Gasteiger partial charge in [-0.25, -0.2) is 4.79 Å². The molecule has 13 heteroatoms. The Bertz CT molecular complexity index is 643. The highest BCUT2D eigenvalue weighted by molar-refractivity contribution is 7.98. The molecule has 0 aliphatic heterocycles. The fraction of sp³-hybridized carbons (Fsp3) is 0.818. The Morgan fingerprint density at radius 1 is 0.686 bits per heavy atom. The van der Waals surface area contributed by atoms with E-state index < -0.39 is 47.9 Å².